The predicted octanol–water partition coefficient (Wildman–Crippen LogP) is 4.10. The summed E-state index contributed by atoms with van der Waals surface area (Å²) in [6.45, 7) is 6.80. The smallest absolute Gasteiger partial charge is 0.266 e. The van der Waals surface area contributed by atoms with Crippen molar-refractivity contribution in [3.8, 4) is 0 Å². The summed E-state index contributed by atoms with van der Waals surface area (Å²) in [6.07, 6.45) is 2.82. The number of hydrogen-bond donors (Lipinski definition) is 1. The number of nitrogens with one attached hydrogen (secondary N) is 1. The first-order valence-corrected chi connectivity index (χ1v) is 9.52. The quantitative estimate of drug-likeness (QED) is 0.771. The van der Waals surface area contributed by atoms with Crippen molar-refractivity contribution in [2.24, 2.45) is 0 Å². The van der Waals surface area contributed by atoms with Crippen molar-refractivity contribution in [2.75, 3.05) is 19.6 Å². The number of thiazole rings is 1. The lowest BCUT2D eigenvalue weighted by Gasteiger charge is -2.27. The van der Waals surface area contributed by atoms with Gasteiger partial charge in [-0.25, -0.2) is 4.98 Å². The van der Waals surface area contributed by atoms with Gasteiger partial charge in [-0.05, 0) is 31.9 Å². The Labute approximate surface area is 172 Å². The van der Waals surface area contributed by atoms with Gasteiger partial charge in [0.25, 0.3) is 5.91 Å². The number of benzene rings is 1. The van der Waals surface area contributed by atoms with E-state index < -0.39 is 0 Å². The van der Waals surface area contributed by atoms with Crippen LogP contribution in [0.4, 0.5) is 0 Å². The Morgan fingerprint density at radius 2 is 2.04 bits per heavy atom. The second-order valence-electron chi connectivity index (χ2n) is 6.33. The summed E-state index contributed by atoms with van der Waals surface area (Å²) in [4.78, 5) is 20.6. The molecule has 7 heteroatoms. The van der Waals surface area contributed by atoms with Crippen molar-refractivity contribution in [1.29, 1.82) is 0 Å². The van der Waals surface area contributed by atoms with Gasteiger partial charge in [-0.15, -0.1) is 36.2 Å². The molecule has 4 nitrogen and oxygen atoms in total. The molecule has 1 unspecified atom stereocenters. The van der Waals surface area contributed by atoms with Gasteiger partial charge in [-0.3, -0.25) is 4.79 Å². The number of aromatic nitrogens is 1. The third-order valence-electron chi connectivity index (χ3n) is 4.43. The molecule has 0 bridgehead atoms. The summed E-state index contributed by atoms with van der Waals surface area (Å²) < 4.78 is 0. The van der Waals surface area contributed by atoms with E-state index in [1.165, 1.54) is 5.56 Å². The number of carbonyl (C=O) groups is 1. The maximum absolute atomic E-state index is 13.1. The largest absolute Gasteiger partial charge is 0.334 e. The van der Waals surface area contributed by atoms with Gasteiger partial charge in [-0.1, -0.05) is 37.3 Å². The first-order valence-electron chi connectivity index (χ1n) is 8.71. The minimum atomic E-state index is 0. The molecule has 1 aliphatic heterocycles. The van der Waals surface area contributed by atoms with Gasteiger partial charge in [-0.2, -0.15) is 0 Å². The van der Waals surface area contributed by atoms with E-state index in [1.54, 1.807) is 11.3 Å². The SMILES string of the molecule is CCCN(C(=O)c1sc(Cc2ccccc2)nc1C)C1CCNC1.Cl.Cl. The molecule has 144 valence electrons. The van der Waals surface area contributed by atoms with Crippen LogP contribution in [0.15, 0.2) is 30.3 Å². The number of halogens is 2. The highest BCUT2D eigenvalue weighted by Gasteiger charge is 2.29. The lowest BCUT2D eigenvalue weighted by atomic mass is 10.2. The highest BCUT2D eigenvalue weighted by molar-refractivity contribution is 7.13. The van der Waals surface area contributed by atoms with Crippen molar-refractivity contribution in [3.63, 3.8) is 0 Å². The van der Waals surface area contributed by atoms with E-state index >= 15 is 0 Å². The number of nitrogens with zero attached hydrogens (tertiary/aromatic N) is 2. The molecular weight excluding hydrogens is 389 g/mol. The van der Waals surface area contributed by atoms with Crippen molar-refractivity contribution in [1.82, 2.24) is 15.2 Å². The maximum Gasteiger partial charge on any atom is 0.266 e. The Kier molecular flexibility index (Phi) is 9.58. The monoisotopic (exact) mass is 415 g/mol. The Balaban J connectivity index is 0.00000169. The molecule has 0 spiro atoms. The van der Waals surface area contributed by atoms with Crippen molar-refractivity contribution in [2.45, 2.75) is 39.2 Å². The van der Waals surface area contributed by atoms with Gasteiger partial charge in [0.05, 0.1) is 10.7 Å². The second-order valence-corrected chi connectivity index (χ2v) is 7.41. The topological polar surface area (TPSA) is 45.2 Å². The van der Waals surface area contributed by atoms with Crippen molar-refractivity contribution < 1.29 is 4.79 Å². The molecule has 1 fully saturated rings. The van der Waals surface area contributed by atoms with Gasteiger partial charge in [0.15, 0.2) is 0 Å². The molecule has 3 rings (SSSR count). The molecule has 1 atom stereocenters. The highest BCUT2D eigenvalue weighted by Crippen LogP contribution is 2.24. The molecule has 2 aromatic rings. The van der Waals surface area contributed by atoms with Gasteiger partial charge in [0.2, 0.25) is 0 Å². The third-order valence-corrected chi connectivity index (χ3v) is 5.58. The average Bonchev–Trinajstić information content (AvgIpc) is 3.23. The summed E-state index contributed by atoms with van der Waals surface area (Å²) in [6, 6.07) is 10.6. The lowest BCUT2D eigenvalue weighted by Crippen LogP contribution is -2.42. The summed E-state index contributed by atoms with van der Waals surface area (Å²) in [7, 11) is 0. The summed E-state index contributed by atoms with van der Waals surface area (Å²) in [5.41, 5.74) is 2.10. The number of aryl methyl sites for hydroxylation is 1. The lowest BCUT2D eigenvalue weighted by molar-refractivity contribution is 0.0696. The number of hydrogen-bond acceptors (Lipinski definition) is 4. The zero-order chi connectivity index (χ0) is 16.9. The standard InChI is InChI=1S/C19H25N3OS.2ClH/c1-3-11-22(16-9-10-20-13-16)19(23)18-14(2)21-17(24-18)12-15-7-5-4-6-8-15;;/h4-8,16,20H,3,9-13H2,1-2H3;2*1H. The Morgan fingerprint density at radius 1 is 1.31 bits per heavy atom. The molecule has 0 radical (unpaired) electrons. The fourth-order valence-corrected chi connectivity index (χ4v) is 4.28. The van der Waals surface area contributed by atoms with E-state index in [0.717, 1.165) is 54.5 Å². The van der Waals surface area contributed by atoms with Crippen molar-refractivity contribution in [3.05, 3.63) is 51.5 Å². The van der Waals surface area contributed by atoms with E-state index in [-0.39, 0.29) is 30.7 Å². The molecule has 1 aromatic heterocycles. The first kappa shape index (κ1) is 22.9. The molecule has 1 aromatic carbocycles. The second kappa shape index (κ2) is 10.9. The zero-order valence-electron chi connectivity index (χ0n) is 15.2. The summed E-state index contributed by atoms with van der Waals surface area (Å²) >= 11 is 1.55. The Hall–Kier alpha value is -1.14. The molecule has 2 heterocycles. The normalized spacial score (nSPS) is 15.8. The minimum Gasteiger partial charge on any atom is -0.334 e. The van der Waals surface area contributed by atoms with Crippen LogP contribution in [0.5, 0.6) is 0 Å². The molecule has 0 aliphatic carbocycles. The minimum absolute atomic E-state index is 0. The Bertz CT molecular complexity index is 687. The predicted molar refractivity (Wildman–Crippen MR) is 113 cm³/mol. The highest BCUT2D eigenvalue weighted by atomic mass is 35.5. The molecule has 1 aliphatic rings. The maximum atomic E-state index is 13.1. The first-order chi connectivity index (χ1) is 11.7. The van der Waals surface area contributed by atoms with Crippen LogP contribution >= 0.6 is 36.2 Å². The number of rotatable bonds is 6. The number of carbonyl (C=O) groups excluding carboxylic acids is 1. The molecule has 0 saturated carbocycles. The van der Waals surface area contributed by atoms with Crippen LogP contribution in [0.3, 0.4) is 0 Å². The van der Waals surface area contributed by atoms with Crippen LogP contribution in [-0.2, 0) is 6.42 Å². The van der Waals surface area contributed by atoms with Crippen LogP contribution in [0.25, 0.3) is 0 Å². The molecule has 1 amide bonds. The third kappa shape index (κ3) is 5.43. The molecule has 1 N–H and O–H groups in total. The van der Waals surface area contributed by atoms with E-state index in [4.69, 9.17) is 0 Å². The van der Waals surface area contributed by atoms with Gasteiger partial charge < -0.3 is 10.2 Å². The van der Waals surface area contributed by atoms with Crippen LogP contribution in [0, 0.1) is 6.92 Å². The van der Waals surface area contributed by atoms with Gasteiger partial charge >= 0.3 is 0 Å². The Morgan fingerprint density at radius 3 is 2.65 bits per heavy atom. The fraction of sp³-hybridized carbons (Fsp3) is 0.474. The van der Waals surface area contributed by atoms with Crippen molar-refractivity contribution >= 4 is 42.1 Å². The van der Waals surface area contributed by atoms with Crippen LogP contribution in [0.1, 0.15) is 45.7 Å². The number of amides is 1. The van der Waals surface area contributed by atoms with Crippen LogP contribution in [0.2, 0.25) is 0 Å². The van der Waals surface area contributed by atoms with E-state index in [2.05, 4.69) is 29.4 Å². The van der Waals surface area contributed by atoms with E-state index in [9.17, 15) is 4.79 Å². The van der Waals surface area contributed by atoms with Gasteiger partial charge in [0.1, 0.15) is 4.88 Å². The zero-order valence-corrected chi connectivity index (χ0v) is 17.7. The van der Waals surface area contributed by atoms with E-state index in [1.807, 2.05) is 30.0 Å². The molecule has 1 saturated heterocycles. The van der Waals surface area contributed by atoms with Crippen LogP contribution < -0.4 is 5.32 Å². The van der Waals surface area contributed by atoms with Gasteiger partial charge in [0, 0.05) is 25.6 Å². The fourth-order valence-electron chi connectivity index (χ4n) is 3.22. The molecule has 26 heavy (non-hydrogen) atoms. The summed E-state index contributed by atoms with van der Waals surface area (Å²) in [5.74, 6) is 0.153. The average molecular weight is 416 g/mol. The summed E-state index contributed by atoms with van der Waals surface area (Å²) in [5, 5.41) is 4.38. The molecular formula is C19H27Cl2N3OS. The van der Waals surface area contributed by atoms with Crippen LogP contribution in [-0.4, -0.2) is 41.5 Å². The van der Waals surface area contributed by atoms with E-state index in [0.29, 0.717) is 6.04 Å².